The van der Waals surface area contributed by atoms with Crippen molar-refractivity contribution < 1.29 is 0 Å². The molecule has 0 amide bonds. The summed E-state index contributed by atoms with van der Waals surface area (Å²) in [4.78, 5) is 0. The molecule has 0 aliphatic rings. The van der Waals surface area contributed by atoms with Crippen LogP contribution < -0.4 is 5.73 Å². The molecule has 0 radical (unpaired) electrons. The van der Waals surface area contributed by atoms with Gasteiger partial charge in [0.15, 0.2) is 0 Å². The lowest BCUT2D eigenvalue weighted by atomic mass is 10.3. The summed E-state index contributed by atoms with van der Waals surface area (Å²) in [6.07, 6.45) is 2.91. The largest absolute Gasteiger partial charge is 0.330 e. The normalized spacial score (nSPS) is 10.5. The zero-order chi connectivity index (χ0) is 8.27. The number of thioether (sulfide) groups is 1. The monoisotopic (exact) mass is 171 g/mol. The maximum Gasteiger partial charge on any atom is 0.0936 e. The highest BCUT2D eigenvalue weighted by Crippen LogP contribution is 2.14. The first-order chi connectivity index (χ1) is 5.27. The Labute approximate surface area is 71.0 Å². The second-order valence-electron chi connectivity index (χ2n) is 2.34. The van der Waals surface area contributed by atoms with Crippen LogP contribution in [0.1, 0.15) is 5.69 Å². The van der Waals surface area contributed by atoms with Crippen molar-refractivity contribution in [2.45, 2.75) is 11.4 Å². The van der Waals surface area contributed by atoms with E-state index in [9.17, 15) is 0 Å². The van der Waals surface area contributed by atoms with Gasteiger partial charge in [-0.2, -0.15) is 5.10 Å². The number of rotatable bonds is 3. The fourth-order valence-electron chi connectivity index (χ4n) is 0.968. The number of aromatic nitrogens is 2. The Hall–Kier alpha value is -0.480. The molecule has 2 N–H and O–H groups in total. The third-order valence-corrected chi connectivity index (χ3v) is 2.30. The van der Waals surface area contributed by atoms with Gasteiger partial charge >= 0.3 is 0 Å². The zero-order valence-corrected chi connectivity index (χ0v) is 7.69. The summed E-state index contributed by atoms with van der Waals surface area (Å²) >= 11 is 1.70. The van der Waals surface area contributed by atoms with Crippen LogP contribution in [0.2, 0.25) is 0 Å². The van der Waals surface area contributed by atoms with Crippen molar-refractivity contribution in [3.8, 4) is 0 Å². The van der Waals surface area contributed by atoms with Crippen molar-refractivity contribution in [1.29, 1.82) is 0 Å². The van der Waals surface area contributed by atoms with Crippen molar-refractivity contribution in [1.82, 2.24) is 9.78 Å². The number of aryl methyl sites for hydroxylation is 1. The molecule has 0 saturated heterocycles. The third kappa shape index (κ3) is 1.97. The Morgan fingerprint density at radius 2 is 2.45 bits per heavy atom. The van der Waals surface area contributed by atoms with E-state index in [1.807, 2.05) is 18.0 Å². The molecular weight excluding hydrogens is 158 g/mol. The predicted octanol–water partition coefficient (Wildman–Crippen LogP) is 0.643. The average molecular weight is 171 g/mol. The lowest BCUT2D eigenvalue weighted by Gasteiger charge is -1.92. The van der Waals surface area contributed by atoms with Gasteiger partial charge in [0.25, 0.3) is 0 Å². The molecule has 0 bridgehead atoms. The maximum absolute atomic E-state index is 5.41. The van der Waals surface area contributed by atoms with Gasteiger partial charge in [-0.15, -0.1) is 11.8 Å². The van der Waals surface area contributed by atoms with Gasteiger partial charge in [-0.05, 0) is 18.9 Å². The molecule has 0 spiro atoms. The van der Waals surface area contributed by atoms with Crippen LogP contribution in [0, 0.1) is 0 Å². The smallest absolute Gasteiger partial charge is 0.0936 e. The number of hydrogen-bond acceptors (Lipinski definition) is 3. The van der Waals surface area contributed by atoms with Gasteiger partial charge in [-0.3, -0.25) is 4.68 Å². The molecule has 4 heteroatoms. The molecule has 0 atom stereocenters. The minimum atomic E-state index is 0.671. The van der Waals surface area contributed by atoms with Crippen LogP contribution in [0.3, 0.4) is 0 Å². The van der Waals surface area contributed by atoms with E-state index in [4.69, 9.17) is 5.73 Å². The van der Waals surface area contributed by atoms with Crippen LogP contribution in [0.4, 0.5) is 0 Å². The van der Waals surface area contributed by atoms with Crippen LogP contribution in [0.15, 0.2) is 11.1 Å². The molecule has 0 aromatic carbocycles. The van der Waals surface area contributed by atoms with Gasteiger partial charge in [0.2, 0.25) is 0 Å². The maximum atomic E-state index is 5.41. The number of nitrogens with two attached hydrogens (primary N) is 1. The average Bonchev–Trinajstić information content (AvgIpc) is 2.32. The molecule has 0 fully saturated rings. The third-order valence-electron chi connectivity index (χ3n) is 1.50. The van der Waals surface area contributed by atoms with E-state index in [2.05, 4.69) is 11.2 Å². The second kappa shape index (κ2) is 3.78. The van der Waals surface area contributed by atoms with Gasteiger partial charge in [0.05, 0.1) is 10.7 Å². The molecule has 0 saturated carbocycles. The molecule has 1 rings (SSSR count). The van der Waals surface area contributed by atoms with Crippen LogP contribution >= 0.6 is 11.8 Å². The van der Waals surface area contributed by atoms with Gasteiger partial charge in [0, 0.05) is 13.5 Å². The van der Waals surface area contributed by atoms with E-state index in [1.54, 1.807) is 11.8 Å². The topological polar surface area (TPSA) is 43.8 Å². The number of hydrogen-bond donors (Lipinski definition) is 1. The zero-order valence-electron chi connectivity index (χ0n) is 6.87. The van der Waals surface area contributed by atoms with Crippen LogP contribution in [-0.2, 0) is 13.5 Å². The molecule has 11 heavy (non-hydrogen) atoms. The lowest BCUT2D eigenvalue weighted by molar-refractivity contribution is 0.684. The van der Waals surface area contributed by atoms with E-state index in [0.29, 0.717) is 6.54 Å². The molecule has 0 aliphatic heterocycles. The summed E-state index contributed by atoms with van der Waals surface area (Å²) in [6, 6.07) is 2.08. The molecule has 0 unspecified atom stereocenters. The Balaban J connectivity index is 2.77. The second-order valence-corrected chi connectivity index (χ2v) is 3.17. The van der Waals surface area contributed by atoms with Crippen molar-refractivity contribution in [3.63, 3.8) is 0 Å². The standard InChI is InChI=1S/C7H13N3S/c1-10-7(11-2)5-6(9-10)3-4-8/h5H,3-4,8H2,1-2H3. The summed E-state index contributed by atoms with van der Waals surface area (Å²) in [6.45, 7) is 0.671. The van der Waals surface area contributed by atoms with Crippen molar-refractivity contribution in [2.24, 2.45) is 12.8 Å². The quantitative estimate of drug-likeness (QED) is 0.679. The molecule has 0 aliphatic carbocycles. The van der Waals surface area contributed by atoms with Gasteiger partial charge < -0.3 is 5.73 Å². The lowest BCUT2D eigenvalue weighted by Crippen LogP contribution is -2.03. The highest BCUT2D eigenvalue weighted by atomic mass is 32.2. The molecule has 1 heterocycles. The van der Waals surface area contributed by atoms with Gasteiger partial charge in [0.1, 0.15) is 0 Å². The minimum absolute atomic E-state index is 0.671. The van der Waals surface area contributed by atoms with E-state index in [1.165, 1.54) is 5.03 Å². The first-order valence-electron chi connectivity index (χ1n) is 3.55. The van der Waals surface area contributed by atoms with Gasteiger partial charge in [-0.25, -0.2) is 0 Å². The highest BCUT2D eigenvalue weighted by molar-refractivity contribution is 7.98. The van der Waals surface area contributed by atoms with Crippen LogP contribution in [-0.4, -0.2) is 22.6 Å². The summed E-state index contributed by atoms with van der Waals surface area (Å²) < 4.78 is 1.88. The van der Waals surface area contributed by atoms with E-state index in [-0.39, 0.29) is 0 Å². The van der Waals surface area contributed by atoms with Crippen molar-refractivity contribution in [3.05, 3.63) is 11.8 Å². The van der Waals surface area contributed by atoms with Crippen molar-refractivity contribution >= 4 is 11.8 Å². The fraction of sp³-hybridized carbons (Fsp3) is 0.571. The Bertz CT molecular complexity index is 232. The van der Waals surface area contributed by atoms with E-state index >= 15 is 0 Å². The molecule has 3 nitrogen and oxygen atoms in total. The summed E-state index contributed by atoms with van der Waals surface area (Å²) in [5, 5.41) is 5.48. The van der Waals surface area contributed by atoms with Crippen LogP contribution in [0.25, 0.3) is 0 Å². The van der Waals surface area contributed by atoms with E-state index in [0.717, 1.165) is 12.1 Å². The van der Waals surface area contributed by atoms with Crippen LogP contribution in [0.5, 0.6) is 0 Å². The minimum Gasteiger partial charge on any atom is -0.330 e. The predicted molar refractivity (Wildman–Crippen MR) is 47.7 cm³/mol. The molecule has 1 aromatic rings. The molecule has 62 valence electrons. The Morgan fingerprint density at radius 3 is 2.91 bits per heavy atom. The summed E-state index contributed by atoms with van der Waals surface area (Å²) in [7, 11) is 1.95. The van der Waals surface area contributed by atoms with E-state index < -0.39 is 0 Å². The Kier molecular flexibility index (Phi) is 2.96. The summed E-state index contributed by atoms with van der Waals surface area (Å²) in [5.41, 5.74) is 6.49. The molecule has 1 aromatic heterocycles. The fourth-order valence-corrected chi connectivity index (χ4v) is 1.53. The molecular formula is C7H13N3S. The first kappa shape index (κ1) is 8.62. The Morgan fingerprint density at radius 1 is 1.73 bits per heavy atom. The highest BCUT2D eigenvalue weighted by Gasteiger charge is 2.01. The SMILES string of the molecule is CSc1cc(CCN)nn1C. The first-order valence-corrected chi connectivity index (χ1v) is 4.77. The van der Waals surface area contributed by atoms with Gasteiger partial charge in [-0.1, -0.05) is 0 Å². The van der Waals surface area contributed by atoms with Crippen molar-refractivity contribution in [2.75, 3.05) is 12.8 Å². The number of nitrogens with zero attached hydrogens (tertiary/aromatic N) is 2. The summed E-state index contributed by atoms with van der Waals surface area (Å²) in [5.74, 6) is 0.